The summed E-state index contributed by atoms with van der Waals surface area (Å²) < 4.78 is 167. The van der Waals surface area contributed by atoms with E-state index in [-0.39, 0.29) is 11.1 Å². The van der Waals surface area contributed by atoms with Gasteiger partial charge in [-0.2, -0.15) is 52.7 Å². The summed E-state index contributed by atoms with van der Waals surface area (Å²) in [6, 6.07) is 2.27. The zero-order valence-corrected chi connectivity index (χ0v) is 19.0. The monoisotopic (exact) mass is 534 g/mol. The lowest BCUT2D eigenvalue weighted by atomic mass is 9.92. The maximum Gasteiger partial charge on any atom is 0.384 e. The number of aliphatic imine (C=N–C) groups is 1. The normalized spacial score (nSPS) is 14.5. The van der Waals surface area contributed by atoms with Gasteiger partial charge in [0, 0.05) is 20.5 Å². The molecule has 0 N–H and O–H groups in total. The van der Waals surface area contributed by atoms with Crippen molar-refractivity contribution in [3.63, 3.8) is 0 Å². The van der Waals surface area contributed by atoms with E-state index in [1.54, 1.807) is 11.9 Å². The fourth-order valence-corrected chi connectivity index (χ4v) is 2.47. The van der Waals surface area contributed by atoms with Gasteiger partial charge < -0.3 is 9.64 Å². The number of benzene rings is 1. The summed E-state index contributed by atoms with van der Waals surface area (Å²) >= 11 is 0. The molecule has 15 heteroatoms. The number of hydrogen-bond acceptors (Lipinski definition) is 2. The van der Waals surface area contributed by atoms with Crippen LogP contribution in [0.5, 0.6) is 5.75 Å². The van der Waals surface area contributed by atoms with Crippen LogP contribution >= 0.6 is 0 Å². The van der Waals surface area contributed by atoms with Crippen molar-refractivity contribution in [2.75, 3.05) is 20.2 Å². The Bertz CT molecular complexity index is 925. The van der Waals surface area contributed by atoms with E-state index in [1.807, 2.05) is 6.92 Å². The fourth-order valence-electron chi connectivity index (χ4n) is 2.47. The van der Waals surface area contributed by atoms with Gasteiger partial charge in [0.05, 0.1) is 12.0 Å². The average molecular weight is 534 g/mol. The standard InChI is InChI=1S/C20H22F12N2O/c1-6-34(5)10-33-13-7-12(3)14(8-11(13)2)35-9-16(23,24)18(27,28)20(31,32)19(29,30)17(25,26)15(4,21)22/h7-8,10H,6,9H2,1-5H3/b33-10+. The second-order valence-electron chi connectivity index (χ2n) is 7.90. The first kappa shape index (κ1) is 30.7. The molecule has 35 heavy (non-hydrogen) atoms. The Hall–Kier alpha value is -2.35. The zero-order valence-electron chi connectivity index (χ0n) is 19.0. The van der Waals surface area contributed by atoms with Crippen molar-refractivity contribution in [2.24, 2.45) is 4.99 Å². The number of nitrogens with zero attached hydrogens (tertiary/aromatic N) is 2. The molecule has 0 aliphatic heterocycles. The van der Waals surface area contributed by atoms with E-state index in [2.05, 4.69) is 9.73 Å². The third-order valence-corrected chi connectivity index (χ3v) is 4.99. The van der Waals surface area contributed by atoms with Crippen LogP contribution in [0.4, 0.5) is 58.4 Å². The van der Waals surface area contributed by atoms with Gasteiger partial charge >= 0.3 is 35.5 Å². The highest BCUT2D eigenvalue weighted by Gasteiger charge is 2.89. The molecular weight excluding hydrogens is 512 g/mol. The Kier molecular flexibility index (Phi) is 8.42. The van der Waals surface area contributed by atoms with Crippen LogP contribution in [0, 0.1) is 13.8 Å². The summed E-state index contributed by atoms with van der Waals surface area (Å²) in [7, 11) is 1.68. The fraction of sp³-hybridized carbons (Fsp3) is 0.650. The minimum Gasteiger partial charge on any atom is -0.487 e. The number of ether oxygens (including phenoxy) is 1. The van der Waals surface area contributed by atoms with Gasteiger partial charge in [-0.3, -0.25) is 0 Å². The Balaban J connectivity index is 3.27. The van der Waals surface area contributed by atoms with Crippen molar-refractivity contribution < 1.29 is 57.4 Å². The Morgan fingerprint density at radius 2 is 1.29 bits per heavy atom. The summed E-state index contributed by atoms with van der Waals surface area (Å²) in [6.45, 7) is 1.42. The van der Waals surface area contributed by atoms with Gasteiger partial charge in [0.1, 0.15) is 5.75 Å². The molecule has 0 saturated carbocycles. The first-order chi connectivity index (χ1) is 15.5. The van der Waals surface area contributed by atoms with Crippen LogP contribution in [0.25, 0.3) is 0 Å². The van der Waals surface area contributed by atoms with Crippen LogP contribution in [0.1, 0.15) is 25.0 Å². The van der Waals surface area contributed by atoms with Gasteiger partial charge in [0.25, 0.3) is 0 Å². The lowest BCUT2D eigenvalue weighted by molar-refractivity contribution is -0.424. The lowest BCUT2D eigenvalue weighted by Crippen LogP contribution is -2.70. The molecule has 202 valence electrons. The zero-order chi connectivity index (χ0) is 27.8. The maximum absolute atomic E-state index is 14.0. The molecule has 1 aromatic rings. The summed E-state index contributed by atoms with van der Waals surface area (Å²) in [5, 5.41) is 0. The predicted octanol–water partition coefficient (Wildman–Crippen LogP) is 7.13. The second-order valence-corrected chi connectivity index (χ2v) is 7.90. The van der Waals surface area contributed by atoms with E-state index >= 15 is 0 Å². The van der Waals surface area contributed by atoms with Crippen LogP contribution in [-0.2, 0) is 0 Å². The number of aryl methyl sites for hydroxylation is 2. The second kappa shape index (κ2) is 9.60. The van der Waals surface area contributed by atoms with E-state index in [4.69, 9.17) is 0 Å². The summed E-state index contributed by atoms with van der Waals surface area (Å²) in [4.78, 5) is 5.75. The molecule has 0 radical (unpaired) electrons. The number of alkyl halides is 12. The van der Waals surface area contributed by atoms with Crippen molar-refractivity contribution in [1.29, 1.82) is 0 Å². The topological polar surface area (TPSA) is 24.8 Å². The molecule has 1 aromatic carbocycles. The van der Waals surface area contributed by atoms with Crippen molar-refractivity contribution >= 4 is 12.0 Å². The highest BCUT2D eigenvalue weighted by molar-refractivity contribution is 5.64. The van der Waals surface area contributed by atoms with Crippen molar-refractivity contribution in [3.05, 3.63) is 23.3 Å². The Morgan fingerprint density at radius 3 is 1.74 bits per heavy atom. The van der Waals surface area contributed by atoms with Crippen LogP contribution in [-0.4, -0.2) is 67.0 Å². The Morgan fingerprint density at radius 1 is 0.800 bits per heavy atom. The third kappa shape index (κ3) is 5.42. The van der Waals surface area contributed by atoms with Crippen LogP contribution < -0.4 is 4.74 Å². The molecule has 1 rings (SSSR count). The van der Waals surface area contributed by atoms with E-state index < -0.39 is 54.8 Å². The smallest absolute Gasteiger partial charge is 0.384 e. The van der Waals surface area contributed by atoms with Gasteiger partial charge in [-0.1, -0.05) is 0 Å². The number of hydrogen-bond donors (Lipinski definition) is 0. The van der Waals surface area contributed by atoms with Gasteiger partial charge in [-0.25, -0.2) is 4.99 Å². The first-order valence-electron chi connectivity index (χ1n) is 9.73. The summed E-state index contributed by atoms with van der Waals surface area (Å²) in [6.07, 6.45) is 1.41. The molecule has 0 bridgehead atoms. The summed E-state index contributed by atoms with van der Waals surface area (Å²) in [5.74, 6) is -42.2. The van der Waals surface area contributed by atoms with Gasteiger partial charge in [0.15, 0.2) is 6.61 Å². The third-order valence-electron chi connectivity index (χ3n) is 4.99. The van der Waals surface area contributed by atoms with Gasteiger partial charge in [0.2, 0.25) is 0 Å². The molecule has 0 unspecified atom stereocenters. The predicted molar refractivity (Wildman–Crippen MR) is 103 cm³/mol. The van der Waals surface area contributed by atoms with Crippen LogP contribution in [0.2, 0.25) is 0 Å². The SMILES string of the molecule is CCN(C)/C=N/c1cc(C)c(OCC(F)(F)C(F)(F)C(F)(F)C(F)(F)C(F)(F)C(C)(F)F)cc1C. The van der Waals surface area contributed by atoms with E-state index in [0.29, 0.717) is 12.2 Å². The van der Waals surface area contributed by atoms with E-state index in [9.17, 15) is 52.7 Å². The molecule has 3 nitrogen and oxygen atoms in total. The largest absolute Gasteiger partial charge is 0.487 e. The van der Waals surface area contributed by atoms with E-state index in [1.165, 1.54) is 26.3 Å². The van der Waals surface area contributed by atoms with Crippen molar-refractivity contribution in [3.8, 4) is 5.75 Å². The lowest BCUT2D eigenvalue weighted by Gasteiger charge is -2.40. The Labute approximate surface area is 192 Å². The molecular formula is C20H22F12N2O. The van der Waals surface area contributed by atoms with E-state index in [0.717, 1.165) is 6.07 Å². The van der Waals surface area contributed by atoms with Crippen molar-refractivity contribution in [2.45, 2.75) is 63.2 Å². The average Bonchev–Trinajstić information content (AvgIpc) is 2.71. The van der Waals surface area contributed by atoms with Gasteiger partial charge in [-0.05, 0) is 44.0 Å². The molecule has 0 atom stereocenters. The van der Waals surface area contributed by atoms with Crippen LogP contribution in [0.15, 0.2) is 17.1 Å². The summed E-state index contributed by atoms with van der Waals surface area (Å²) in [5.41, 5.74) is 0.541. The van der Waals surface area contributed by atoms with Gasteiger partial charge in [-0.15, -0.1) is 0 Å². The number of halogens is 12. The molecule has 0 spiro atoms. The molecule has 0 saturated heterocycles. The molecule has 0 aliphatic rings. The molecule has 0 aromatic heterocycles. The minimum atomic E-state index is -7.61. The first-order valence-corrected chi connectivity index (χ1v) is 9.73. The number of rotatable bonds is 11. The highest BCUT2D eigenvalue weighted by atomic mass is 19.4. The molecule has 0 amide bonds. The molecule has 0 fully saturated rings. The maximum atomic E-state index is 14.0. The van der Waals surface area contributed by atoms with Crippen LogP contribution in [0.3, 0.4) is 0 Å². The minimum absolute atomic E-state index is 0.00438. The highest BCUT2D eigenvalue weighted by Crippen LogP contribution is 2.59. The molecule has 0 aliphatic carbocycles. The van der Waals surface area contributed by atoms with Crippen molar-refractivity contribution in [1.82, 2.24) is 4.90 Å². The molecule has 0 heterocycles. The quantitative estimate of drug-likeness (QED) is 0.172.